The first-order valence-electron chi connectivity index (χ1n) is 6.47. The molecule has 1 aromatic rings. The molecule has 2 fully saturated rings. The van der Waals surface area contributed by atoms with Gasteiger partial charge in [-0.15, -0.1) is 5.10 Å². The average molecular weight is 254 g/mol. The van der Waals surface area contributed by atoms with Gasteiger partial charge in [0.05, 0.1) is 12.1 Å². The monoisotopic (exact) mass is 254 g/mol. The molecule has 0 amide bonds. The van der Waals surface area contributed by atoms with Crippen LogP contribution in [-0.4, -0.2) is 36.7 Å². The number of rotatable bonds is 3. The number of nitrogens with zero attached hydrogens (tertiary/aromatic N) is 4. The van der Waals surface area contributed by atoms with Crippen molar-refractivity contribution in [3.8, 4) is 0 Å². The van der Waals surface area contributed by atoms with Gasteiger partial charge in [-0.2, -0.15) is 0 Å². The van der Waals surface area contributed by atoms with Gasteiger partial charge < -0.3 is 5.11 Å². The molecule has 1 N–H and O–H groups in total. The first kappa shape index (κ1) is 11.5. The van der Waals surface area contributed by atoms with Crippen molar-refractivity contribution >= 4 is 11.8 Å². The van der Waals surface area contributed by atoms with Crippen molar-refractivity contribution in [2.45, 2.75) is 67.5 Å². The van der Waals surface area contributed by atoms with Crippen LogP contribution in [0, 0.1) is 0 Å². The van der Waals surface area contributed by atoms with E-state index in [9.17, 15) is 5.11 Å². The number of aromatic nitrogens is 4. The fourth-order valence-electron chi connectivity index (χ4n) is 2.82. The molecule has 2 saturated carbocycles. The summed E-state index contributed by atoms with van der Waals surface area (Å²) in [6, 6.07) is 0.478. The average Bonchev–Trinajstić information content (AvgIpc) is 3.02. The lowest BCUT2D eigenvalue weighted by molar-refractivity contribution is 0.188. The Kier molecular flexibility index (Phi) is 3.33. The quantitative estimate of drug-likeness (QED) is 0.891. The normalized spacial score (nSPS) is 30.2. The molecule has 0 spiro atoms. The van der Waals surface area contributed by atoms with E-state index in [4.69, 9.17) is 0 Å². The number of aliphatic hydroxyl groups is 1. The van der Waals surface area contributed by atoms with Crippen LogP contribution in [0.15, 0.2) is 5.16 Å². The van der Waals surface area contributed by atoms with Gasteiger partial charge in [-0.3, -0.25) is 0 Å². The van der Waals surface area contributed by atoms with E-state index >= 15 is 0 Å². The van der Waals surface area contributed by atoms with Crippen LogP contribution in [0.4, 0.5) is 0 Å². The number of aliphatic hydroxyl groups excluding tert-OH is 1. The van der Waals surface area contributed by atoms with E-state index in [2.05, 4.69) is 15.5 Å². The summed E-state index contributed by atoms with van der Waals surface area (Å²) in [6.45, 7) is 0. The Bertz CT molecular complexity index is 377. The van der Waals surface area contributed by atoms with E-state index in [1.165, 1.54) is 25.7 Å². The molecule has 0 unspecified atom stereocenters. The number of thioether (sulfide) groups is 1. The van der Waals surface area contributed by atoms with Crippen molar-refractivity contribution in [2.75, 3.05) is 0 Å². The Hall–Kier alpha value is -0.620. The van der Waals surface area contributed by atoms with Crippen LogP contribution in [0.25, 0.3) is 0 Å². The van der Waals surface area contributed by atoms with E-state index in [0.717, 1.165) is 24.4 Å². The molecule has 0 saturated heterocycles. The van der Waals surface area contributed by atoms with Gasteiger partial charge in [0.25, 0.3) is 0 Å². The summed E-state index contributed by atoms with van der Waals surface area (Å²) in [5.41, 5.74) is 0. The maximum Gasteiger partial charge on any atom is 0.209 e. The van der Waals surface area contributed by atoms with E-state index in [1.54, 1.807) is 11.8 Å². The standard InChI is InChI=1S/C11H18N4OS/c16-9-6-3-7-10(9)17-11-12-13-14-15(11)8-4-1-2-5-8/h8-10,16H,1-7H2/t9-,10-/m1/s1. The van der Waals surface area contributed by atoms with Gasteiger partial charge in [-0.1, -0.05) is 24.6 Å². The van der Waals surface area contributed by atoms with Crippen LogP contribution in [0.2, 0.25) is 0 Å². The van der Waals surface area contributed by atoms with Crippen molar-refractivity contribution in [2.24, 2.45) is 0 Å². The molecule has 3 rings (SSSR count). The van der Waals surface area contributed by atoms with E-state index in [-0.39, 0.29) is 11.4 Å². The summed E-state index contributed by atoms with van der Waals surface area (Å²) >= 11 is 1.66. The van der Waals surface area contributed by atoms with Gasteiger partial charge in [-0.25, -0.2) is 4.68 Å². The van der Waals surface area contributed by atoms with Crippen LogP contribution < -0.4 is 0 Å². The fourth-order valence-corrected chi connectivity index (χ4v) is 4.05. The third-order valence-corrected chi connectivity index (χ3v) is 5.14. The largest absolute Gasteiger partial charge is 0.392 e. The Morgan fingerprint density at radius 2 is 1.94 bits per heavy atom. The molecule has 0 aliphatic heterocycles. The predicted octanol–water partition coefficient (Wildman–Crippen LogP) is 1.79. The number of hydrogen-bond donors (Lipinski definition) is 1. The van der Waals surface area contributed by atoms with Gasteiger partial charge in [0.2, 0.25) is 5.16 Å². The zero-order valence-electron chi connectivity index (χ0n) is 9.83. The minimum Gasteiger partial charge on any atom is -0.392 e. The molecule has 2 atom stereocenters. The maximum atomic E-state index is 9.85. The van der Waals surface area contributed by atoms with Crippen LogP contribution >= 0.6 is 11.8 Å². The van der Waals surface area contributed by atoms with Crippen LogP contribution in [0.1, 0.15) is 51.0 Å². The summed E-state index contributed by atoms with van der Waals surface area (Å²) in [7, 11) is 0. The highest BCUT2D eigenvalue weighted by atomic mass is 32.2. The van der Waals surface area contributed by atoms with Crippen molar-refractivity contribution in [1.82, 2.24) is 20.2 Å². The summed E-state index contributed by atoms with van der Waals surface area (Å²) in [6.07, 6.45) is 7.85. The first-order chi connectivity index (χ1) is 8.34. The molecule has 94 valence electrons. The summed E-state index contributed by atoms with van der Waals surface area (Å²) in [5.74, 6) is 0. The van der Waals surface area contributed by atoms with Gasteiger partial charge in [0.1, 0.15) is 0 Å². The molecular formula is C11H18N4OS. The third-order valence-electron chi connectivity index (χ3n) is 3.81. The number of hydrogen-bond acceptors (Lipinski definition) is 5. The molecule has 2 aliphatic carbocycles. The van der Waals surface area contributed by atoms with Gasteiger partial charge >= 0.3 is 0 Å². The lowest BCUT2D eigenvalue weighted by Crippen LogP contribution is -2.17. The van der Waals surface area contributed by atoms with E-state index in [1.807, 2.05) is 4.68 Å². The van der Waals surface area contributed by atoms with E-state index in [0.29, 0.717) is 6.04 Å². The Morgan fingerprint density at radius 3 is 2.65 bits per heavy atom. The highest BCUT2D eigenvalue weighted by Crippen LogP contribution is 2.37. The summed E-state index contributed by atoms with van der Waals surface area (Å²) < 4.78 is 1.97. The molecule has 5 nitrogen and oxygen atoms in total. The summed E-state index contributed by atoms with van der Waals surface area (Å²) in [4.78, 5) is 0. The molecule has 17 heavy (non-hydrogen) atoms. The molecule has 1 aromatic heterocycles. The highest BCUT2D eigenvalue weighted by Gasteiger charge is 2.29. The second kappa shape index (κ2) is 4.94. The first-order valence-corrected chi connectivity index (χ1v) is 7.35. The second-order valence-corrected chi connectivity index (χ2v) is 6.21. The zero-order chi connectivity index (χ0) is 11.7. The smallest absolute Gasteiger partial charge is 0.209 e. The van der Waals surface area contributed by atoms with Gasteiger partial charge in [-0.05, 0) is 42.5 Å². The fraction of sp³-hybridized carbons (Fsp3) is 0.909. The van der Waals surface area contributed by atoms with Crippen LogP contribution in [0.3, 0.4) is 0 Å². The lowest BCUT2D eigenvalue weighted by Gasteiger charge is -2.15. The Balaban J connectivity index is 1.72. The topological polar surface area (TPSA) is 63.8 Å². The second-order valence-electron chi connectivity index (χ2n) is 5.00. The summed E-state index contributed by atoms with van der Waals surface area (Å²) in [5, 5.41) is 23.0. The SMILES string of the molecule is O[C@@H]1CCC[C@H]1Sc1nnnn1C1CCCC1. The van der Waals surface area contributed by atoms with Crippen LogP contribution in [0.5, 0.6) is 0 Å². The van der Waals surface area contributed by atoms with Crippen molar-refractivity contribution in [1.29, 1.82) is 0 Å². The molecule has 6 heteroatoms. The maximum absolute atomic E-state index is 9.85. The molecule has 1 heterocycles. The minimum atomic E-state index is -0.186. The zero-order valence-corrected chi connectivity index (χ0v) is 10.6. The predicted molar refractivity (Wildman–Crippen MR) is 64.8 cm³/mol. The number of tetrazole rings is 1. The highest BCUT2D eigenvalue weighted by molar-refractivity contribution is 7.99. The molecule has 0 radical (unpaired) electrons. The Labute approximate surface area is 105 Å². The van der Waals surface area contributed by atoms with Crippen LogP contribution in [-0.2, 0) is 0 Å². The molecule has 0 aromatic carbocycles. The van der Waals surface area contributed by atoms with Crippen molar-refractivity contribution in [3.05, 3.63) is 0 Å². The van der Waals surface area contributed by atoms with Crippen molar-refractivity contribution < 1.29 is 5.11 Å². The minimum absolute atomic E-state index is 0.186. The third kappa shape index (κ3) is 2.33. The van der Waals surface area contributed by atoms with Gasteiger partial charge in [0.15, 0.2) is 0 Å². The van der Waals surface area contributed by atoms with E-state index < -0.39 is 0 Å². The lowest BCUT2D eigenvalue weighted by atomic mass is 10.3. The van der Waals surface area contributed by atoms with Gasteiger partial charge in [0, 0.05) is 5.25 Å². The molecule has 0 bridgehead atoms. The molecular weight excluding hydrogens is 236 g/mol. The molecule has 2 aliphatic rings. The Morgan fingerprint density at radius 1 is 1.12 bits per heavy atom. The van der Waals surface area contributed by atoms with Crippen molar-refractivity contribution in [3.63, 3.8) is 0 Å².